The molecule has 0 spiro atoms. The third-order valence-electron chi connectivity index (χ3n) is 4.57. The van der Waals surface area contributed by atoms with Crippen molar-refractivity contribution >= 4 is 12.2 Å². The molecule has 142 valence electrons. The van der Waals surface area contributed by atoms with Crippen LogP contribution in [0.1, 0.15) is 12.5 Å². The Morgan fingerprint density at radius 1 is 1.18 bits per heavy atom. The Hall–Kier alpha value is -3.39. The van der Waals surface area contributed by atoms with Gasteiger partial charge in [-0.05, 0) is 60.6 Å². The summed E-state index contributed by atoms with van der Waals surface area (Å²) in [6.45, 7) is 2.03. The first kappa shape index (κ1) is 18.0. The van der Waals surface area contributed by atoms with Crippen molar-refractivity contribution in [2.24, 2.45) is 0 Å². The van der Waals surface area contributed by atoms with E-state index in [2.05, 4.69) is 15.3 Å². The van der Waals surface area contributed by atoms with Crippen LogP contribution in [-0.2, 0) is 6.42 Å². The summed E-state index contributed by atoms with van der Waals surface area (Å²) >= 11 is 5.44. The molecule has 28 heavy (non-hydrogen) atoms. The van der Waals surface area contributed by atoms with Crippen LogP contribution in [-0.4, -0.2) is 36.8 Å². The average molecular weight is 393 g/mol. The van der Waals surface area contributed by atoms with Crippen molar-refractivity contribution in [3.05, 3.63) is 65.2 Å². The minimum Gasteiger partial charge on any atom is -0.507 e. The Bertz CT molecular complexity index is 1160. The number of rotatable bonds is 5. The smallest absolute Gasteiger partial charge is 0.200 e. The molecule has 0 radical (unpaired) electrons. The van der Waals surface area contributed by atoms with Crippen molar-refractivity contribution in [3.63, 3.8) is 0 Å². The zero-order valence-electron chi connectivity index (χ0n) is 15.5. The summed E-state index contributed by atoms with van der Waals surface area (Å²) in [5.41, 5.74) is 3.33. The Labute approximate surface area is 166 Å². The van der Waals surface area contributed by atoms with E-state index < -0.39 is 0 Å². The SMILES string of the molecule is CCc1cc(-c2n[nH]c(=S)n2-c2ccc(-n3cccn3)cc2)c(O)cc1OC. The minimum absolute atomic E-state index is 0.0810. The minimum atomic E-state index is 0.0810. The molecule has 0 aliphatic rings. The first-order chi connectivity index (χ1) is 13.6. The fraction of sp³-hybridized carbons (Fsp3) is 0.150. The molecular weight excluding hydrogens is 374 g/mol. The van der Waals surface area contributed by atoms with E-state index in [1.165, 1.54) is 0 Å². The van der Waals surface area contributed by atoms with Gasteiger partial charge in [0.15, 0.2) is 10.6 Å². The average Bonchev–Trinajstić information content (AvgIpc) is 3.38. The molecular formula is C20H19N5O2S. The van der Waals surface area contributed by atoms with Gasteiger partial charge in [-0.3, -0.25) is 9.67 Å². The van der Waals surface area contributed by atoms with E-state index in [0.29, 0.717) is 21.9 Å². The normalized spacial score (nSPS) is 10.9. The van der Waals surface area contributed by atoms with Crippen LogP contribution in [0.2, 0.25) is 0 Å². The van der Waals surface area contributed by atoms with E-state index in [-0.39, 0.29) is 5.75 Å². The lowest BCUT2D eigenvalue weighted by Gasteiger charge is -2.13. The number of aromatic hydroxyl groups is 1. The molecule has 0 saturated heterocycles. The van der Waals surface area contributed by atoms with Crippen molar-refractivity contribution < 1.29 is 9.84 Å². The number of benzene rings is 2. The second kappa shape index (κ2) is 7.32. The first-order valence-electron chi connectivity index (χ1n) is 8.80. The maximum Gasteiger partial charge on any atom is 0.200 e. The maximum absolute atomic E-state index is 10.6. The van der Waals surface area contributed by atoms with Crippen molar-refractivity contribution in [1.82, 2.24) is 24.5 Å². The van der Waals surface area contributed by atoms with Gasteiger partial charge in [-0.25, -0.2) is 4.68 Å². The third kappa shape index (κ3) is 3.07. The number of hydrogen-bond donors (Lipinski definition) is 2. The number of aromatic amines is 1. The number of aromatic nitrogens is 5. The van der Waals surface area contributed by atoms with Crippen LogP contribution in [0.5, 0.6) is 11.5 Å². The molecule has 0 amide bonds. The van der Waals surface area contributed by atoms with E-state index >= 15 is 0 Å². The summed E-state index contributed by atoms with van der Waals surface area (Å²) < 4.78 is 9.37. The molecule has 8 heteroatoms. The molecule has 0 atom stereocenters. The Kier molecular flexibility index (Phi) is 4.70. The van der Waals surface area contributed by atoms with Crippen LogP contribution < -0.4 is 4.74 Å². The van der Waals surface area contributed by atoms with Gasteiger partial charge in [-0.2, -0.15) is 10.2 Å². The van der Waals surface area contributed by atoms with Gasteiger partial charge in [0.25, 0.3) is 0 Å². The Morgan fingerprint density at radius 2 is 1.93 bits per heavy atom. The van der Waals surface area contributed by atoms with Gasteiger partial charge in [0.1, 0.15) is 11.5 Å². The van der Waals surface area contributed by atoms with Gasteiger partial charge >= 0.3 is 0 Å². The molecule has 2 aromatic heterocycles. The van der Waals surface area contributed by atoms with E-state index in [1.807, 2.05) is 49.5 Å². The molecule has 2 heterocycles. The van der Waals surface area contributed by atoms with E-state index in [0.717, 1.165) is 23.4 Å². The lowest BCUT2D eigenvalue weighted by atomic mass is 10.1. The van der Waals surface area contributed by atoms with Gasteiger partial charge < -0.3 is 9.84 Å². The maximum atomic E-state index is 10.6. The summed E-state index contributed by atoms with van der Waals surface area (Å²) in [5.74, 6) is 1.26. The predicted octanol–water partition coefficient (Wildman–Crippen LogP) is 4.06. The van der Waals surface area contributed by atoms with Crippen LogP contribution in [0.25, 0.3) is 22.8 Å². The predicted molar refractivity (Wildman–Crippen MR) is 109 cm³/mol. The quantitative estimate of drug-likeness (QED) is 0.500. The molecule has 0 saturated carbocycles. The zero-order valence-corrected chi connectivity index (χ0v) is 16.3. The van der Waals surface area contributed by atoms with Crippen LogP contribution in [0.15, 0.2) is 54.9 Å². The number of phenols is 1. The second-order valence-electron chi connectivity index (χ2n) is 6.19. The summed E-state index contributed by atoms with van der Waals surface area (Å²) in [4.78, 5) is 0. The molecule has 4 rings (SSSR count). The molecule has 0 bridgehead atoms. The van der Waals surface area contributed by atoms with Gasteiger partial charge in [0.05, 0.1) is 24.0 Å². The highest BCUT2D eigenvalue weighted by Crippen LogP contribution is 2.35. The standard InChI is InChI=1S/C20H19N5O2S/c1-3-13-11-16(17(26)12-18(13)27-2)19-22-23-20(28)25(19)15-7-5-14(6-8-15)24-10-4-9-21-24/h4-12,26H,3H2,1-2H3,(H,23,28). The van der Waals surface area contributed by atoms with Crippen molar-refractivity contribution in [3.8, 4) is 34.3 Å². The first-order valence-corrected chi connectivity index (χ1v) is 9.21. The molecule has 0 aliphatic heterocycles. The number of phenolic OH excluding ortho intramolecular Hbond substituents is 1. The number of methoxy groups -OCH3 is 1. The van der Waals surface area contributed by atoms with Crippen molar-refractivity contribution in [2.75, 3.05) is 7.11 Å². The molecule has 0 unspecified atom stereocenters. The highest BCUT2D eigenvalue weighted by Gasteiger charge is 2.17. The monoisotopic (exact) mass is 393 g/mol. The summed E-state index contributed by atoms with van der Waals surface area (Å²) in [5, 5.41) is 22.0. The van der Waals surface area contributed by atoms with E-state index in [4.69, 9.17) is 17.0 Å². The van der Waals surface area contributed by atoms with Gasteiger partial charge in [0, 0.05) is 18.5 Å². The fourth-order valence-electron chi connectivity index (χ4n) is 3.15. The third-order valence-corrected chi connectivity index (χ3v) is 4.84. The largest absolute Gasteiger partial charge is 0.507 e. The number of H-pyrrole nitrogens is 1. The molecule has 7 nitrogen and oxygen atoms in total. The highest BCUT2D eigenvalue weighted by molar-refractivity contribution is 7.71. The lowest BCUT2D eigenvalue weighted by molar-refractivity contribution is 0.403. The Morgan fingerprint density at radius 3 is 2.57 bits per heavy atom. The van der Waals surface area contributed by atoms with Crippen molar-refractivity contribution in [2.45, 2.75) is 13.3 Å². The second-order valence-corrected chi connectivity index (χ2v) is 6.58. The molecule has 4 aromatic rings. The van der Waals surface area contributed by atoms with E-state index in [1.54, 1.807) is 28.6 Å². The molecule has 0 fully saturated rings. The molecule has 2 N–H and O–H groups in total. The zero-order chi connectivity index (χ0) is 19.7. The summed E-state index contributed by atoms with van der Waals surface area (Å²) in [7, 11) is 1.59. The number of hydrogen-bond acceptors (Lipinski definition) is 5. The highest BCUT2D eigenvalue weighted by atomic mass is 32.1. The number of ether oxygens (including phenoxy) is 1. The van der Waals surface area contributed by atoms with Gasteiger partial charge in [0.2, 0.25) is 0 Å². The summed E-state index contributed by atoms with van der Waals surface area (Å²) in [6.07, 6.45) is 4.38. The van der Waals surface area contributed by atoms with E-state index in [9.17, 15) is 5.11 Å². The number of nitrogens with zero attached hydrogens (tertiary/aromatic N) is 4. The lowest BCUT2D eigenvalue weighted by Crippen LogP contribution is -2.01. The van der Waals surface area contributed by atoms with Gasteiger partial charge in [-0.15, -0.1) is 0 Å². The van der Waals surface area contributed by atoms with Crippen LogP contribution in [0.4, 0.5) is 0 Å². The fourth-order valence-corrected chi connectivity index (χ4v) is 3.39. The molecule has 0 aliphatic carbocycles. The summed E-state index contributed by atoms with van der Waals surface area (Å²) in [6, 6.07) is 13.1. The number of nitrogens with one attached hydrogen (secondary N) is 1. The Balaban J connectivity index is 1.82. The molecule has 2 aromatic carbocycles. The van der Waals surface area contributed by atoms with Gasteiger partial charge in [-0.1, -0.05) is 6.92 Å². The van der Waals surface area contributed by atoms with Crippen molar-refractivity contribution in [1.29, 1.82) is 0 Å². The number of aryl methyl sites for hydroxylation is 1. The van der Waals surface area contributed by atoms with Crippen LogP contribution >= 0.6 is 12.2 Å². The topological polar surface area (TPSA) is 80.9 Å². The van der Waals surface area contributed by atoms with Crippen LogP contribution in [0.3, 0.4) is 0 Å². The van der Waals surface area contributed by atoms with Crippen LogP contribution in [0, 0.1) is 4.77 Å².